The van der Waals surface area contributed by atoms with Crippen molar-refractivity contribution in [1.82, 2.24) is 0 Å². The highest BCUT2D eigenvalue weighted by atomic mass is 35.5. The molecule has 3 aliphatic rings. The molecule has 1 aliphatic carbocycles. The van der Waals surface area contributed by atoms with E-state index in [0.717, 1.165) is 34.5 Å². The third kappa shape index (κ3) is 2.78. The minimum atomic E-state index is -0.223. The van der Waals surface area contributed by atoms with Gasteiger partial charge < -0.3 is 14.8 Å². The average molecular weight is 416 g/mol. The Kier molecular flexibility index (Phi) is 3.94. The summed E-state index contributed by atoms with van der Waals surface area (Å²) in [6.45, 7) is 4.45. The Morgan fingerprint density at radius 3 is 2.54 bits per heavy atom. The Morgan fingerprint density at radius 2 is 1.79 bits per heavy atom. The summed E-state index contributed by atoms with van der Waals surface area (Å²) >= 11 is 12.5. The lowest BCUT2D eigenvalue weighted by Gasteiger charge is -2.39. The molecule has 2 heterocycles. The SMILES string of the molecule is CC1(C)CC(=O)C2=C(C1)Nc1cc3c(cc1[C@H]2c1ccc(Cl)c(Cl)c1)OCO3. The molecular weight excluding hydrogens is 397 g/mol. The van der Waals surface area contributed by atoms with Crippen molar-refractivity contribution in [3.63, 3.8) is 0 Å². The van der Waals surface area contributed by atoms with E-state index in [4.69, 9.17) is 32.7 Å². The Morgan fingerprint density at radius 1 is 1.04 bits per heavy atom. The average Bonchev–Trinajstić information content (AvgIpc) is 3.07. The summed E-state index contributed by atoms with van der Waals surface area (Å²) in [7, 11) is 0. The number of allylic oxidation sites excluding steroid dienone is 2. The number of ether oxygens (including phenoxy) is 2. The number of anilines is 1. The van der Waals surface area contributed by atoms with E-state index in [-0.39, 0.29) is 23.9 Å². The summed E-state index contributed by atoms with van der Waals surface area (Å²) in [5.41, 5.74) is 4.56. The highest BCUT2D eigenvalue weighted by molar-refractivity contribution is 6.42. The van der Waals surface area contributed by atoms with Crippen molar-refractivity contribution in [2.24, 2.45) is 5.41 Å². The second-order valence-electron chi connectivity index (χ2n) is 8.36. The fourth-order valence-corrected chi connectivity index (χ4v) is 4.75. The highest BCUT2D eigenvalue weighted by Crippen LogP contribution is 2.52. The summed E-state index contributed by atoms with van der Waals surface area (Å²) in [6.07, 6.45) is 1.32. The van der Waals surface area contributed by atoms with Crippen LogP contribution in [0.5, 0.6) is 11.5 Å². The van der Waals surface area contributed by atoms with Gasteiger partial charge in [-0.2, -0.15) is 0 Å². The number of nitrogens with one attached hydrogen (secondary N) is 1. The van der Waals surface area contributed by atoms with Crippen molar-refractivity contribution in [3.05, 3.63) is 62.8 Å². The van der Waals surface area contributed by atoms with Crippen LogP contribution in [0.15, 0.2) is 41.6 Å². The first-order valence-corrected chi connectivity index (χ1v) is 10.00. The van der Waals surface area contributed by atoms with Crippen LogP contribution in [0.2, 0.25) is 10.0 Å². The van der Waals surface area contributed by atoms with Crippen molar-refractivity contribution in [2.45, 2.75) is 32.6 Å². The van der Waals surface area contributed by atoms with Gasteiger partial charge in [0, 0.05) is 35.4 Å². The molecule has 0 unspecified atom stereocenters. The first kappa shape index (κ1) is 17.9. The molecular formula is C22H19Cl2NO3. The molecule has 6 heteroatoms. The molecule has 2 aromatic rings. The Labute approximate surface area is 173 Å². The van der Waals surface area contributed by atoms with Crippen molar-refractivity contribution in [2.75, 3.05) is 12.1 Å². The molecule has 4 nitrogen and oxygen atoms in total. The number of carbonyl (C=O) groups is 1. The first-order valence-electron chi connectivity index (χ1n) is 9.24. The standard InChI is InChI=1S/C22H19Cl2NO3/c1-22(2)8-16-21(17(26)9-22)20(11-3-4-13(23)14(24)5-11)12-6-18-19(28-10-27-18)7-15(12)25-16/h3-7,20,25H,8-10H2,1-2H3/t20-/m1/s1. The Hall–Kier alpha value is -2.17. The largest absolute Gasteiger partial charge is 0.454 e. The number of hydrogen-bond acceptors (Lipinski definition) is 4. The molecule has 0 spiro atoms. The topological polar surface area (TPSA) is 47.6 Å². The van der Waals surface area contributed by atoms with Crippen LogP contribution in [0, 0.1) is 5.41 Å². The molecule has 144 valence electrons. The molecule has 0 fully saturated rings. The number of ketones is 1. The Balaban J connectivity index is 1.74. The molecule has 0 saturated carbocycles. The summed E-state index contributed by atoms with van der Waals surface area (Å²) in [5.74, 6) is 1.35. The summed E-state index contributed by atoms with van der Waals surface area (Å²) in [5, 5.41) is 4.48. The fraction of sp³-hybridized carbons (Fsp3) is 0.318. The van der Waals surface area contributed by atoms with Crippen LogP contribution in [0.25, 0.3) is 0 Å². The van der Waals surface area contributed by atoms with Gasteiger partial charge in [-0.15, -0.1) is 0 Å². The minimum absolute atomic E-state index is 0.0844. The minimum Gasteiger partial charge on any atom is -0.454 e. The number of hydrogen-bond donors (Lipinski definition) is 1. The molecule has 2 aliphatic heterocycles. The predicted molar refractivity (Wildman–Crippen MR) is 110 cm³/mol. The summed E-state index contributed by atoms with van der Waals surface area (Å²) in [4.78, 5) is 13.2. The second-order valence-corrected chi connectivity index (χ2v) is 9.17. The van der Waals surface area contributed by atoms with Crippen molar-refractivity contribution >= 4 is 34.7 Å². The molecule has 1 atom stereocenters. The molecule has 2 aromatic carbocycles. The van der Waals surface area contributed by atoms with Crippen molar-refractivity contribution in [1.29, 1.82) is 0 Å². The molecule has 0 amide bonds. The lowest BCUT2D eigenvalue weighted by molar-refractivity contribution is -0.118. The zero-order chi connectivity index (χ0) is 19.6. The predicted octanol–water partition coefficient (Wildman–Crippen LogP) is 5.92. The fourth-order valence-electron chi connectivity index (χ4n) is 4.44. The van der Waals surface area contributed by atoms with E-state index in [1.54, 1.807) is 6.07 Å². The highest BCUT2D eigenvalue weighted by Gasteiger charge is 2.41. The van der Waals surface area contributed by atoms with E-state index >= 15 is 0 Å². The van der Waals surface area contributed by atoms with Crippen LogP contribution in [-0.4, -0.2) is 12.6 Å². The number of benzene rings is 2. The van der Waals surface area contributed by atoms with Crippen LogP contribution in [0.3, 0.4) is 0 Å². The van der Waals surface area contributed by atoms with Gasteiger partial charge in [0.2, 0.25) is 6.79 Å². The molecule has 0 aromatic heterocycles. The maximum atomic E-state index is 13.2. The first-order chi connectivity index (χ1) is 13.3. The van der Waals surface area contributed by atoms with Crippen LogP contribution in [0.1, 0.15) is 43.7 Å². The van der Waals surface area contributed by atoms with Gasteiger partial charge in [-0.3, -0.25) is 4.79 Å². The number of carbonyl (C=O) groups excluding carboxylic acids is 1. The smallest absolute Gasteiger partial charge is 0.231 e. The van der Waals surface area contributed by atoms with Gasteiger partial charge in [0.05, 0.1) is 10.0 Å². The van der Waals surface area contributed by atoms with E-state index in [0.29, 0.717) is 28.0 Å². The van der Waals surface area contributed by atoms with Gasteiger partial charge in [-0.25, -0.2) is 0 Å². The molecule has 0 bridgehead atoms. The third-order valence-corrected chi connectivity index (χ3v) is 6.37. The van der Waals surface area contributed by atoms with Gasteiger partial charge in [0.1, 0.15) is 0 Å². The molecule has 28 heavy (non-hydrogen) atoms. The molecule has 1 N–H and O–H groups in total. The summed E-state index contributed by atoms with van der Waals surface area (Å²) < 4.78 is 11.1. The van der Waals surface area contributed by atoms with E-state index in [9.17, 15) is 4.79 Å². The van der Waals surface area contributed by atoms with E-state index in [1.807, 2.05) is 24.3 Å². The molecule has 0 radical (unpaired) electrons. The van der Waals surface area contributed by atoms with Crippen molar-refractivity contribution in [3.8, 4) is 11.5 Å². The third-order valence-electron chi connectivity index (χ3n) is 5.63. The quantitative estimate of drug-likeness (QED) is 0.627. The second kappa shape index (κ2) is 6.16. The van der Waals surface area contributed by atoms with Gasteiger partial charge in [-0.1, -0.05) is 43.1 Å². The molecule has 5 rings (SSSR count). The van der Waals surface area contributed by atoms with Gasteiger partial charge in [0.15, 0.2) is 17.3 Å². The maximum Gasteiger partial charge on any atom is 0.231 e. The van der Waals surface area contributed by atoms with Crippen LogP contribution in [0.4, 0.5) is 5.69 Å². The van der Waals surface area contributed by atoms with Gasteiger partial charge in [0.25, 0.3) is 0 Å². The van der Waals surface area contributed by atoms with E-state index in [2.05, 4.69) is 19.2 Å². The monoisotopic (exact) mass is 415 g/mol. The van der Waals surface area contributed by atoms with Crippen LogP contribution < -0.4 is 14.8 Å². The lowest BCUT2D eigenvalue weighted by Crippen LogP contribution is -2.33. The zero-order valence-electron chi connectivity index (χ0n) is 15.6. The number of rotatable bonds is 1. The van der Waals surface area contributed by atoms with Crippen LogP contribution in [-0.2, 0) is 4.79 Å². The van der Waals surface area contributed by atoms with Gasteiger partial charge >= 0.3 is 0 Å². The number of Topliss-reactive ketones (excluding diaryl/α,β-unsaturated/α-hetero) is 1. The van der Waals surface area contributed by atoms with E-state index < -0.39 is 0 Å². The Bertz CT molecular complexity index is 1060. The number of fused-ring (bicyclic) bond motifs is 2. The van der Waals surface area contributed by atoms with Crippen LogP contribution >= 0.6 is 23.2 Å². The number of halogens is 2. The normalized spacial score (nSPS) is 21.9. The van der Waals surface area contributed by atoms with E-state index in [1.165, 1.54) is 0 Å². The maximum absolute atomic E-state index is 13.2. The summed E-state index contributed by atoms with van der Waals surface area (Å²) in [6, 6.07) is 9.50. The molecule has 0 saturated heterocycles. The lowest BCUT2D eigenvalue weighted by atomic mass is 9.68. The zero-order valence-corrected chi connectivity index (χ0v) is 17.1. The van der Waals surface area contributed by atoms with Gasteiger partial charge in [-0.05, 0) is 41.2 Å². The van der Waals surface area contributed by atoms with Crippen molar-refractivity contribution < 1.29 is 14.3 Å².